The molecule has 0 aliphatic carbocycles. The number of piperidine rings is 1. The van der Waals surface area contributed by atoms with Crippen LogP contribution in [-0.4, -0.2) is 42.2 Å². The van der Waals surface area contributed by atoms with Crippen molar-refractivity contribution >= 4 is 12.0 Å². The van der Waals surface area contributed by atoms with Gasteiger partial charge < -0.3 is 20.1 Å². The van der Waals surface area contributed by atoms with E-state index in [1.165, 1.54) is 0 Å². The van der Waals surface area contributed by atoms with E-state index < -0.39 is 11.9 Å². The molecule has 0 aromatic heterocycles. The van der Waals surface area contributed by atoms with Gasteiger partial charge in [0, 0.05) is 26.7 Å². The summed E-state index contributed by atoms with van der Waals surface area (Å²) >= 11 is 0. The van der Waals surface area contributed by atoms with E-state index in [2.05, 4.69) is 5.32 Å². The van der Waals surface area contributed by atoms with Crippen molar-refractivity contribution in [2.75, 3.05) is 20.2 Å². The SMILES string of the molecule is COCc1cccc(CNC(=O)N2CC(C)CC(C(=O)O)C2)c1. The molecule has 2 atom stereocenters. The van der Waals surface area contributed by atoms with Crippen LogP contribution >= 0.6 is 0 Å². The highest BCUT2D eigenvalue weighted by Crippen LogP contribution is 2.21. The Morgan fingerprint density at radius 2 is 2.09 bits per heavy atom. The number of hydrogen-bond donors (Lipinski definition) is 2. The Labute approximate surface area is 136 Å². The van der Waals surface area contributed by atoms with E-state index in [0.717, 1.165) is 11.1 Å². The van der Waals surface area contributed by atoms with E-state index in [1.54, 1.807) is 12.0 Å². The lowest BCUT2D eigenvalue weighted by Crippen LogP contribution is -2.49. The Hall–Kier alpha value is -2.08. The third kappa shape index (κ3) is 4.96. The summed E-state index contributed by atoms with van der Waals surface area (Å²) < 4.78 is 5.10. The highest BCUT2D eigenvalue weighted by atomic mass is 16.5. The first-order valence-corrected chi connectivity index (χ1v) is 7.82. The molecule has 23 heavy (non-hydrogen) atoms. The van der Waals surface area contributed by atoms with Gasteiger partial charge in [-0.1, -0.05) is 31.2 Å². The predicted octanol–water partition coefficient (Wildman–Crippen LogP) is 2.09. The average molecular weight is 320 g/mol. The summed E-state index contributed by atoms with van der Waals surface area (Å²) in [5.74, 6) is -1.11. The number of likely N-dealkylation sites (tertiary alicyclic amines) is 1. The monoisotopic (exact) mass is 320 g/mol. The topological polar surface area (TPSA) is 78.9 Å². The number of methoxy groups -OCH3 is 1. The van der Waals surface area contributed by atoms with E-state index in [9.17, 15) is 14.7 Å². The minimum absolute atomic E-state index is 0.195. The number of carboxylic acids is 1. The number of carbonyl (C=O) groups excluding carboxylic acids is 1. The van der Waals surface area contributed by atoms with Crippen LogP contribution in [0.3, 0.4) is 0 Å². The number of nitrogens with one attached hydrogen (secondary N) is 1. The molecule has 1 aliphatic rings. The number of ether oxygens (including phenoxy) is 1. The summed E-state index contributed by atoms with van der Waals surface area (Å²) in [6, 6.07) is 7.62. The van der Waals surface area contributed by atoms with Crippen LogP contribution in [0.25, 0.3) is 0 Å². The normalized spacial score (nSPS) is 21.0. The molecule has 0 bridgehead atoms. The molecule has 0 radical (unpaired) electrons. The summed E-state index contributed by atoms with van der Waals surface area (Å²) in [7, 11) is 1.64. The lowest BCUT2D eigenvalue weighted by Gasteiger charge is -2.34. The highest BCUT2D eigenvalue weighted by Gasteiger charge is 2.31. The fraction of sp³-hybridized carbons (Fsp3) is 0.529. The van der Waals surface area contributed by atoms with Gasteiger partial charge in [-0.3, -0.25) is 4.79 Å². The van der Waals surface area contributed by atoms with Crippen LogP contribution in [0.4, 0.5) is 4.79 Å². The zero-order valence-electron chi connectivity index (χ0n) is 13.6. The first-order chi connectivity index (χ1) is 11.0. The number of benzene rings is 1. The van der Waals surface area contributed by atoms with Crippen molar-refractivity contribution in [1.29, 1.82) is 0 Å². The fourth-order valence-corrected chi connectivity index (χ4v) is 2.98. The molecule has 1 saturated heterocycles. The maximum Gasteiger partial charge on any atom is 0.317 e. The number of amides is 2. The second kappa shape index (κ2) is 7.97. The van der Waals surface area contributed by atoms with Gasteiger partial charge in [0.2, 0.25) is 0 Å². The number of rotatable bonds is 5. The molecule has 0 spiro atoms. The standard InChI is InChI=1S/C17H24N2O4/c1-12-6-15(16(20)21)10-19(9-12)17(22)18-8-13-4-3-5-14(7-13)11-23-2/h3-5,7,12,15H,6,8-11H2,1-2H3,(H,18,22)(H,20,21). The van der Waals surface area contributed by atoms with Crippen LogP contribution in [0.15, 0.2) is 24.3 Å². The zero-order chi connectivity index (χ0) is 16.8. The molecule has 6 heteroatoms. The number of aliphatic carboxylic acids is 1. The van der Waals surface area contributed by atoms with Crippen LogP contribution in [0.2, 0.25) is 0 Å². The molecular formula is C17H24N2O4. The number of nitrogens with zero attached hydrogens (tertiary/aromatic N) is 1. The van der Waals surface area contributed by atoms with Gasteiger partial charge in [-0.05, 0) is 23.5 Å². The number of carboxylic acid groups (broad SMARTS) is 1. The van der Waals surface area contributed by atoms with Gasteiger partial charge in [0.25, 0.3) is 0 Å². The first-order valence-electron chi connectivity index (χ1n) is 7.82. The van der Waals surface area contributed by atoms with Crippen LogP contribution in [-0.2, 0) is 22.7 Å². The van der Waals surface area contributed by atoms with Crippen molar-refractivity contribution in [2.24, 2.45) is 11.8 Å². The molecule has 2 N–H and O–H groups in total. The lowest BCUT2D eigenvalue weighted by molar-refractivity contribution is -0.143. The van der Waals surface area contributed by atoms with E-state index >= 15 is 0 Å². The Morgan fingerprint density at radius 1 is 1.35 bits per heavy atom. The van der Waals surface area contributed by atoms with Crippen molar-refractivity contribution < 1.29 is 19.4 Å². The minimum atomic E-state index is -0.832. The third-order valence-corrected chi connectivity index (χ3v) is 4.04. The van der Waals surface area contributed by atoms with Gasteiger partial charge in [0.15, 0.2) is 0 Å². The number of hydrogen-bond acceptors (Lipinski definition) is 3. The molecule has 1 aromatic rings. The van der Waals surface area contributed by atoms with Crippen molar-refractivity contribution in [2.45, 2.75) is 26.5 Å². The van der Waals surface area contributed by atoms with E-state index in [4.69, 9.17) is 4.74 Å². The Morgan fingerprint density at radius 3 is 2.78 bits per heavy atom. The van der Waals surface area contributed by atoms with Crippen molar-refractivity contribution in [1.82, 2.24) is 10.2 Å². The molecule has 1 fully saturated rings. The molecule has 2 unspecified atom stereocenters. The number of urea groups is 1. The second-order valence-electron chi connectivity index (χ2n) is 6.19. The van der Waals surface area contributed by atoms with Crippen LogP contribution in [0, 0.1) is 11.8 Å². The second-order valence-corrected chi connectivity index (χ2v) is 6.19. The van der Waals surface area contributed by atoms with Crippen LogP contribution in [0.1, 0.15) is 24.5 Å². The first kappa shape index (κ1) is 17.3. The van der Waals surface area contributed by atoms with Gasteiger partial charge in [-0.2, -0.15) is 0 Å². The van der Waals surface area contributed by atoms with Crippen molar-refractivity contribution in [3.63, 3.8) is 0 Å². The molecular weight excluding hydrogens is 296 g/mol. The van der Waals surface area contributed by atoms with E-state index in [0.29, 0.717) is 26.1 Å². The minimum Gasteiger partial charge on any atom is -0.481 e. The molecule has 1 aliphatic heterocycles. The summed E-state index contributed by atoms with van der Waals surface area (Å²) in [4.78, 5) is 25.1. The fourth-order valence-electron chi connectivity index (χ4n) is 2.98. The highest BCUT2D eigenvalue weighted by molar-refractivity contribution is 5.76. The molecule has 6 nitrogen and oxygen atoms in total. The summed E-state index contributed by atoms with van der Waals surface area (Å²) in [6.45, 7) is 3.79. The van der Waals surface area contributed by atoms with E-state index in [1.807, 2.05) is 31.2 Å². The Balaban J connectivity index is 1.91. The molecule has 2 amide bonds. The van der Waals surface area contributed by atoms with Crippen molar-refractivity contribution in [3.05, 3.63) is 35.4 Å². The molecule has 1 heterocycles. The summed E-state index contributed by atoms with van der Waals surface area (Å²) in [5, 5.41) is 12.0. The van der Waals surface area contributed by atoms with Crippen LogP contribution < -0.4 is 5.32 Å². The lowest BCUT2D eigenvalue weighted by atomic mass is 9.91. The van der Waals surface area contributed by atoms with Gasteiger partial charge in [-0.15, -0.1) is 0 Å². The molecule has 0 saturated carbocycles. The average Bonchev–Trinajstić information content (AvgIpc) is 2.52. The van der Waals surface area contributed by atoms with Gasteiger partial charge in [-0.25, -0.2) is 4.79 Å². The summed E-state index contributed by atoms with van der Waals surface area (Å²) in [6.07, 6.45) is 0.623. The Bertz CT molecular complexity index is 561. The Kier molecular flexibility index (Phi) is 5.98. The quantitative estimate of drug-likeness (QED) is 0.870. The maximum atomic E-state index is 12.3. The molecule has 1 aromatic carbocycles. The van der Waals surface area contributed by atoms with Crippen molar-refractivity contribution in [3.8, 4) is 0 Å². The predicted molar refractivity (Wildman–Crippen MR) is 85.9 cm³/mol. The third-order valence-electron chi connectivity index (χ3n) is 4.04. The maximum absolute atomic E-state index is 12.3. The van der Waals surface area contributed by atoms with E-state index in [-0.39, 0.29) is 18.5 Å². The van der Waals surface area contributed by atoms with Gasteiger partial charge in [0.1, 0.15) is 0 Å². The molecule has 2 rings (SSSR count). The largest absolute Gasteiger partial charge is 0.481 e. The molecule has 126 valence electrons. The van der Waals surface area contributed by atoms with Gasteiger partial charge >= 0.3 is 12.0 Å². The smallest absolute Gasteiger partial charge is 0.317 e. The number of carbonyl (C=O) groups is 2. The zero-order valence-corrected chi connectivity index (χ0v) is 13.6. The van der Waals surface area contributed by atoms with Crippen LogP contribution in [0.5, 0.6) is 0 Å². The summed E-state index contributed by atoms with van der Waals surface area (Å²) in [5.41, 5.74) is 2.05. The van der Waals surface area contributed by atoms with Gasteiger partial charge in [0.05, 0.1) is 12.5 Å².